The minimum Gasteiger partial charge on any atom is -0.316 e. The van der Waals surface area contributed by atoms with E-state index in [2.05, 4.69) is 44.8 Å². The molecule has 1 aliphatic carbocycles. The summed E-state index contributed by atoms with van der Waals surface area (Å²) in [6.07, 6.45) is 4.38. The highest BCUT2D eigenvalue weighted by molar-refractivity contribution is 4.79. The molecule has 0 amide bonds. The van der Waals surface area contributed by atoms with E-state index in [-0.39, 0.29) is 0 Å². The van der Waals surface area contributed by atoms with Gasteiger partial charge in [-0.15, -0.1) is 0 Å². The molecule has 0 aromatic carbocycles. The third-order valence-electron chi connectivity index (χ3n) is 4.00. The molecule has 0 aromatic rings. The van der Waals surface area contributed by atoms with Gasteiger partial charge in [-0.1, -0.05) is 41.0 Å². The number of nitrogens with one attached hydrogen (secondary N) is 1. The largest absolute Gasteiger partial charge is 0.316 e. The van der Waals surface area contributed by atoms with E-state index in [1.165, 1.54) is 38.9 Å². The second-order valence-electron chi connectivity index (χ2n) is 7.31. The first-order valence-corrected chi connectivity index (χ1v) is 7.86. The van der Waals surface area contributed by atoms with Gasteiger partial charge in [-0.05, 0) is 43.2 Å². The summed E-state index contributed by atoms with van der Waals surface area (Å²) in [7, 11) is 0. The van der Waals surface area contributed by atoms with E-state index < -0.39 is 0 Å². The van der Waals surface area contributed by atoms with E-state index in [0.29, 0.717) is 5.41 Å². The maximum Gasteiger partial charge on any atom is 0.00448 e. The van der Waals surface area contributed by atoms with Gasteiger partial charge in [0.2, 0.25) is 0 Å². The van der Waals surface area contributed by atoms with Gasteiger partial charge in [-0.25, -0.2) is 0 Å². The molecule has 0 atom stereocenters. The fraction of sp³-hybridized carbons (Fsp3) is 1.00. The third-order valence-corrected chi connectivity index (χ3v) is 4.00. The van der Waals surface area contributed by atoms with Crippen LogP contribution in [0, 0.1) is 17.3 Å². The quantitative estimate of drug-likeness (QED) is 0.678. The van der Waals surface area contributed by atoms with Crippen LogP contribution in [0.4, 0.5) is 0 Å². The standard InChI is InChI=1S/C16H34N2/c1-6-18(11-15-8-7-9-15)13-16(4,5)12-17-10-14(2)3/h14-15,17H,6-13H2,1-5H3. The molecular weight excluding hydrogens is 220 g/mol. The monoisotopic (exact) mass is 254 g/mol. The second-order valence-corrected chi connectivity index (χ2v) is 7.31. The number of rotatable bonds is 9. The number of hydrogen-bond donors (Lipinski definition) is 1. The Morgan fingerprint density at radius 2 is 1.94 bits per heavy atom. The van der Waals surface area contributed by atoms with Crippen LogP contribution in [0.2, 0.25) is 0 Å². The highest BCUT2D eigenvalue weighted by Crippen LogP contribution is 2.28. The molecule has 0 aliphatic heterocycles. The Kier molecular flexibility index (Phi) is 6.65. The van der Waals surface area contributed by atoms with E-state index in [1.54, 1.807) is 0 Å². The van der Waals surface area contributed by atoms with Gasteiger partial charge < -0.3 is 10.2 Å². The van der Waals surface area contributed by atoms with Gasteiger partial charge in [0.1, 0.15) is 0 Å². The molecule has 1 rings (SSSR count). The van der Waals surface area contributed by atoms with Crippen molar-refractivity contribution in [3.63, 3.8) is 0 Å². The van der Waals surface area contributed by atoms with Crippen molar-refractivity contribution in [3.05, 3.63) is 0 Å². The number of hydrogen-bond acceptors (Lipinski definition) is 2. The van der Waals surface area contributed by atoms with Gasteiger partial charge >= 0.3 is 0 Å². The Morgan fingerprint density at radius 1 is 1.28 bits per heavy atom. The molecule has 2 nitrogen and oxygen atoms in total. The summed E-state index contributed by atoms with van der Waals surface area (Å²) >= 11 is 0. The molecule has 1 aliphatic rings. The van der Waals surface area contributed by atoms with Gasteiger partial charge in [0.25, 0.3) is 0 Å². The normalized spacial score (nSPS) is 17.5. The SMILES string of the molecule is CCN(CC1CCC1)CC(C)(C)CNCC(C)C. The molecule has 0 saturated heterocycles. The smallest absolute Gasteiger partial charge is 0.00448 e. The zero-order valence-electron chi connectivity index (χ0n) is 13.3. The van der Waals surface area contributed by atoms with E-state index >= 15 is 0 Å². The van der Waals surface area contributed by atoms with Crippen molar-refractivity contribution >= 4 is 0 Å². The van der Waals surface area contributed by atoms with Crippen LogP contribution in [0.25, 0.3) is 0 Å². The van der Waals surface area contributed by atoms with Gasteiger partial charge in [0.05, 0.1) is 0 Å². The molecule has 1 saturated carbocycles. The molecule has 0 unspecified atom stereocenters. The Bertz CT molecular complexity index is 219. The van der Waals surface area contributed by atoms with Crippen molar-refractivity contribution in [2.75, 3.05) is 32.7 Å². The lowest BCUT2D eigenvalue weighted by molar-refractivity contribution is 0.132. The van der Waals surface area contributed by atoms with Crippen LogP contribution < -0.4 is 5.32 Å². The zero-order chi connectivity index (χ0) is 13.6. The zero-order valence-corrected chi connectivity index (χ0v) is 13.3. The summed E-state index contributed by atoms with van der Waals surface area (Å²) < 4.78 is 0. The lowest BCUT2D eigenvalue weighted by atomic mass is 9.84. The second kappa shape index (κ2) is 7.49. The molecule has 1 N–H and O–H groups in total. The predicted octanol–water partition coefficient (Wildman–Crippen LogP) is 3.38. The van der Waals surface area contributed by atoms with Crippen LogP contribution in [0.3, 0.4) is 0 Å². The van der Waals surface area contributed by atoms with Gasteiger partial charge in [-0.3, -0.25) is 0 Å². The molecule has 108 valence electrons. The lowest BCUT2D eigenvalue weighted by Crippen LogP contribution is -2.43. The summed E-state index contributed by atoms with van der Waals surface area (Å²) in [4.78, 5) is 2.65. The molecule has 2 heteroatoms. The molecule has 0 heterocycles. The summed E-state index contributed by atoms with van der Waals surface area (Å²) in [6, 6.07) is 0. The van der Waals surface area contributed by atoms with Crippen LogP contribution in [0.5, 0.6) is 0 Å². The number of nitrogens with zero attached hydrogens (tertiary/aromatic N) is 1. The Balaban J connectivity index is 2.26. The predicted molar refractivity (Wildman–Crippen MR) is 80.9 cm³/mol. The van der Waals surface area contributed by atoms with Crippen LogP contribution >= 0.6 is 0 Å². The van der Waals surface area contributed by atoms with E-state index in [1.807, 2.05) is 0 Å². The summed E-state index contributed by atoms with van der Waals surface area (Å²) in [5.41, 5.74) is 0.384. The van der Waals surface area contributed by atoms with Crippen LogP contribution in [0.15, 0.2) is 0 Å². The topological polar surface area (TPSA) is 15.3 Å². The maximum atomic E-state index is 3.61. The fourth-order valence-corrected chi connectivity index (χ4v) is 2.71. The Labute approximate surface area is 115 Å². The summed E-state index contributed by atoms with van der Waals surface area (Å²) in [6.45, 7) is 17.7. The molecule has 18 heavy (non-hydrogen) atoms. The van der Waals surface area contributed by atoms with Crippen molar-refractivity contribution in [1.82, 2.24) is 10.2 Å². The minimum absolute atomic E-state index is 0.384. The first kappa shape index (κ1) is 16.0. The van der Waals surface area contributed by atoms with E-state index in [0.717, 1.165) is 24.9 Å². The fourth-order valence-electron chi connectivity index (χ4n) is 2.71. The van der Waals surface area contributed by atoms with E-state index in [4.69, 9.17) is 0 Å². The summed E-state index contributed by atoms with van der Waals surface area (Å²) in [5.74, 6) is 1.74. The Morgan fingerprint density at radius 3 is 2.39 bits per heavy atom. The molecule has 1 fully saturated rings. The summed E-state index contributed by atoms with van der Waals surface area (Å²) in [5, 5.41) is 3.61. The van der Waals surface area contributed by atoms with Gasteiger partial charge in [-0.2, -0.15) is 0 Å². The highest BCUT2D eigenvalue weighted by atomic mass is 15.1. The average Bonchev–Trinajstić information content (AvgIpc) is 2.20. The van der Waals surface area contributed by atoms with Crippen molar-refractivity contribution < 1.29 is 0 Å². The molecule has 0 spiro atoms. The molecule has 0 bridgehead atoms. The van der Waals surface area contributed by atoms with E-state index in [9.17, 15) is 0 Å². The third kappa shape index (κ3) is 6.19. The molecular formula is C16H34N2. The van der Waals surface area contributed by atoms with Crippen molar-refractivity contribution in [1.29, 1.82) is 0 Å². The van der Waals surface area contributed by atoms with Crippen molar-refractivity contribution in [3.8, 4) is 0 Å². The van der Waals surface area contributed by atoms with Crippen LogP contribution in [-0.2, 0) is 0 Å². The van der Waals surface area contributed by atoms with Crippen molar-refractivity contribution in [2.24, 2.45) is 17.3 Å². The first-order valence-electron chi connectivity index (χ1n) is 7.86. The minimum atomic E-state index is 0.384. The van der Waals surface area contributed by atoms with Gasteiger partial charge in [0.15, 0.2) is 0 Å². The lowest BCUT2D eigenvalue weighted by Gasteiger charge is -2.37. The maximum absolute atomic E-state index is 3.61. The van der Waals surface area contributed by atoms with Crippen LogP contribution in [-0.4, -0.2) is 37.6 Å². The van der Waals surface area contributed by atoms with Crippen LogP contribution in [0.1, 0.15) is 53.9 Å². The molecule has 0 radical (unpaired) electrons. The average molecular weight is 254 g/mol. The van der Waals surface area contributed by atoms with Gasteiger partial charge in [0, 0.05) is 19.6 Å². The first-order chi connectivity index (χ1) is 8.43. The highest BCUT2D eigenvalue weighted by Gasteiger charge is 2.25. The molecule has 0 aromatic heterocycles. The van der Waals surface area contributed by atoms with Crippen molar-refractivity contribution in [2.45, 2.75) is 53.9 Å². The Hall–Kier alpha value is -0.0800.